The summed E-state index contributed by atoms with van der Waals surface area (Å²) in [6, 6.07) is 9.89. The van der Waals surface area contributed by atoms with Crippen LogP contribution in [0.1, 0.15) is 17.7 Å². The third-order valence-corrected chi connectivity index (χ3v) is 3.68. The first-order valence-corrected chi connectivity index (χ1v) is 7.29. The highest BCUT2D eigenvalue weighted by Crippen LogP contribution is 2.29. The lowest BCUT2D eigenvalue weighted by Crippen LogP contribution is -2.19. The summed E-state index contributed by atoms with van der Waals surface area (Å²) in [4.78, 5) is 0. The van der Waals surface area contributed by atoms with Crippen molar-refractivity contribution < 1.29 is 4.42 Å². The van der Waals surface area contributed by atoms with Crippen molar-refractivity contribution in [2.45, 2.75) is 19.9 Å². The van der Waals surface area contributed by atoms with E-state index in [2.05, 4.69) is 10.6 Å². The molecule has 0 aliphatic carbocycles. The van der Waals surface area contributed by atoms with Gasteiger partial charge in [-0.2, -0.15) is 0 Å². The number of halogens is 1. The van der Waals surface area contributed by atoms with Crippen LogP contribution in [0, 0.1) is 6.92 Å². The topological polar surface area (TPSA) is 37.2 Å². The van der Waals surface area contributed by atoms with E-state index < -0.39 is 0 Å². The molecule has 0 bridgehead atoms. The van der Waals surface area contributed by atoms with Crippen LogP contribution in [0.15, 0.2) is 34.7 Å². The molecule has 0 fully saturated rings. The predicted molar refractivity (Wildman–Crippen MR) is 84.1 cm³/mol. The Bertz CT molecular complexity index is 551. The molecule has 0 aliphatic heterocycles. The van der Waals surface area contributed by atoms with Crippen LogP contribution in [-0.2, 0) is 6.54 Å². The molecule has 0 unspecified atom stereocenters. The maximum atomic E-state index is 6.14. The molecule has 0 saturated carbocycles. The Morgan fingerprint density at radius 2 is 2.00 bits per heavy atom. The molecular weight excluding hydrogens is 272 g/mol. The highest BCUT2D eigenvalue weighted by Gasteiger charge is 2.09. The molecule has 1 aromatic heterocycles. The molecule has 20 heavy (non-hydrogen) atoms. The third-order valence-electron chi connectivity index (χ3n) is 3.27. The first-order valence-electron chi connectivity index (χ1n) is 6.92. The standard InChI is InChI=1S/C16H21ClN2O/c1-12-14(5-3-6-15(12)17)16-8-7-13(20-16)11-19-10-4-9-18-2/h3,5-8,18-19H,4,9-11H2,1-2H3. The molecule has 0 saturated heterocycles. The van der Waals surface area contributed by atoms with Gasteiger partial charge < -0.3 is 15.1 Å². The van der Waals surface area contributed by atoms with Gasteiger partial charge in [-0.15, -0.1) is 0 Å². The Balaban J connectivity index is 1.97. The van der Waals surface area contributed by atoms with E-state index in [0.29, 0.717) is 0 Å². The molecule has 0 radical (unpaired) electrons. The van der Waals surface area contributed by atoms with Crippen molar-refractivity contribution in [1.29, 1.82) is 0 Å². The molecule has 0 aliphatic rings. The van der Waals surface area contributed by atoms with Gasteiger partial charge in [-0.25, -0.2) is 0 Å². The maximum Gasteiger partial charge on any atom is 0.134 e. The molecule has 4 heteroatoms. The SMILES string of the molecule is CNCCCNCc1ccc(-c2cccc(Cl)c2C)o1. The van der Waals surface area contributed by atoms with Crippen LogP contribution in [0.2, 0.25) is 5.02 Å². The predicted octanol–water partition coefficient (Wildman–Crippen LogP) is 3.61. The fraction of sp³-hybridized carbons (Fsp3) is 0.375. The van der Waals surface area contributed by atoms with E-state index >= 15 is 0 Å². The lowest BCUT2D eigenvalue weighted by molar-refractivity contribution is 0.489. The summed E-state index contributed by atoms with van der Waals surface area (Å²) in [5.41, 5.74) is 2.11. The summed E-state index contributed by atoms with van der Waals surface area (Å²) >= 11 is 6.14. The van der Waals surface area contributed by atoms with Crippen LogP contribution < -0.4 is 10.6 Å². The number of hydrogen-bond acceptors (Lipinski definition) is 3. The van der Waals surface area contributed by atoms with E-state index in [0.717, 1.165) is 53.7 Å². The van der Waals surface area contributed by atoms with E-state index in [1.54, 1.807) is 0 Å². The number of benzene rings is 1. The van der Waals surface area contributed by atoms with Gasteiger partial charge in [0, 0.05) is 10.6 Å². The molecule has 1 heterocycles. The Morgan fingerprint density at radius 1 is 1.15 bits per heavy atom. The van der Waals surface area contributed by atoms with Gasteiger partial charge >= 0.3 is 0 Å². The lowest BCUT2D eigenvalue weighted by Gasteiger charge is -2.05. The van der Waals surface area contributed by atoms with Gasteiger partial charge in [0.05, 0.1) is 6.54 Å². The van der Waals surface area contributed by atoms with Crippen molar-refractivity contribution in [2.24, 2.45) is 0 Å². The zero-order chi connectivity index (χ0) is 14.4. The summed E-state index contributed by atoms with van der Waals surface area (Å²) in [5.74, 6) is 1.82. The summed E-state index contributed by atoms with van der Waals surface area (Å²) in [7, 11) is 1.96. The monoisotopic (exact) mass is 292 g/mol. The van der Waals surface area contributed by atoms with Crippen molar-refractivity contribution in [1.82, 2.24) is 10.6 Å². The molecule has 2 rings (SSSR count). The van der Waals surface area contributed by atoms with Crippen LogP contribution in [0.25, 0.3) is 11.3 Å². The van der Waals surface area contributed by atoms with Gasteiger partial charge in [-0.3, -0.25) is 0 Å². The van der Waals surface area contributed by atoms with Gasteiger partial charge in [0.1, 0.15) is 11.5 Å². The fourth-order valence-electron chi connectivity index (χ4n) is 2.09. The van der Waals surface area contributed by atoms with Gasteiger partial charge in [0.2, 0.25) is 0 Å². The second-order valence-corrected chi connectivity index (χ2v) is 5.22. The second kappa shape index (κ2) is 7.48. The minimum absolute atomic E-state index is 0.753. The van der Waals surface area contributed by atoms with Crippen molar-refractivity contribution >= 4 is 11.6 Å². The van der Waals surface area contributed by atoms with E-state index in [-0.39, 0.29) is 0 Å². The Labute approximate surface area is 125 Å². The fourth-order valence-corrected chi connectivity index (χ4v) is 2.27. The molecule has 2 N–H and O–H groups in total. The third kappa shape index (κ3) is 3.85. The van der Waals surface area contributed by atoms with E-state index in [1.807, 2.05) is 44.3 Å². The number of furan rings is 1. The summed E-state index contributed by atoms with van der Waals surface area (Å²) in [5, 5.41) is 7.26. The van der Waals surface area contributed by atoms with Crippen molar-refractivity contribution in [2.75, 3.05) is 20.1 Å². The van der Waals surface area contributed by atoms with Gasteiger partial charge in [0.15, 0.2) is 0 Å². The first kappa shape index (κ1) is 15.1. The number of hydrogen-bond donors (Lipinski definition) is 2. The number of nitrogens with one attached hydrogen (secondary N) is 2. The van der Waals surface area contributed by atoms with E-state index in [1.165, 1.54) is 0 Å². The maximum absolute atomic E-state index is 6.14. The molecule has 1 aromatic carbocycles. The normalized spacial score (nSPS) is 10.9. The molecular formula is C16H21ClN2O. The van der Waals surface area contributed by atoms with Crippen LogP contribution in [0.3, 0.4) is 0 Å². The van der Waals surface area contributed by atoms with Crippen LogP contribution >= 0.6 is 11.6 Å². The summed E-state index contributed by atoms with van der Waals surface area (Å²) in [6.45, 7) is 4.77. The molecule has 2 aromatic rings. The van der Waals surface area contributed by atoms with Crippen molar-refractivity contribution in [3.63, 3.8) is 0 Å². The Kier molecular flexibility index (Phi) is 5.65. The highest BCUT2D eigenvalue weighted by molar-refractivity contribution is 6.31. The average Bonchev–Trinajstić information content (AvgIpc) is 2.90. The van der Waals surface area contributed by atoms with E-state index in [9.17, 15) is 0 Å². The second-order valence-electron chi connectivity index (χ2n) is 4.81. The highest BCUT2D eigenvalue weighted by atomic mass is 35.5. The Morgan fingerprint density at radius 3 is 2.80 bits per heavy atom. The Hall–Kier alpha value is -1.29. The van der Waals surface area contributed by atoms with Crippen LogP contribution in [0.5, 0.6) is 0 Å². The quantitative estimate of drug-likeness (QED) is 0.766. The molecule has 0 atom stereocenters. The smallest absolute Gasteiger partial charge is 0.134 e. The first-order chi connectivity index (χ1) is 9.72. The summed E-state index contributed by atoms with van der Waals surface area (Å²) in [6.07, 6.45) is 1.11. The molecule has 108 valence electrons. The average molecular weight is 293 g/mol. The summed E-state index contributed by atoms with van der Waals surface area (Å²) < 4.78 is 5.88. The number of rotatable bonds is 7. The minimum atomic E-state index is 0.753. The minimum Gasteiger partial charge on any atom is -0.460 e. The zero-order valence-corrected chi connectivity index (χ0v) is 12.8. The lowest BCUT2D eigenvalue weighted by atomic mass is 10.1. The molecule has 0 amide bonds. The molecule has 0 spiro atoms. The van der Waals surface area contributed by atoms with Crippen molar-refractivity contribution in [3.8, 4) is 11.3 Å². The largest absolute Gasteiger partial charge is 0.460 e. The van der Waals surface area contributed by atoms with Gasteiger partial charge in [0.25, 0.3) is 0 Å². The zero-order valence-electron chi connectivity index (χ0n) is 12.0. The van der Waals surface area contributed by atoms with Crippen LogP contribution in [0.4, 0.5) is 0 Å². The van der Waals surface area contributed by atoms with Crippen LogP contribution in [-0.4, -0.2) is 20.1 Å². The van der Waals surface area contributed by atoms with Crippen molar-refractivity contribution in [3.05, 3.63) is 46.7 Å². The van der Waals surface area contributed by atoms with Gasteiger partial charge in [-0.05, 0) is 57.2 Å². The molecule has 3 nitrogen and oxygen atoms in total. The van der Waals surface area contributed by atoms with Gasteiger partial charge in [-0.1, -0.05) is 23.7 Å². The van der Waals surface area contributed by atoms with E-state index in [4.69, 9.17) is 16.0 Å².